The molecule has 0 unspecified atom stereocenters. The van der Waals surface area contributed by atoms with Gasteiger partial charge in [0.1, 0.15) is 0 Å². The Morgan fingerprint density at radius 2 is 1.93 bits per heavy atom. The highest BCUT2D eigenvalue weighted by molar-refractivity contribution is 6.32. The third kappa shape index (κ3) is 3.45. The molecule has 142 valence electrons. The van der Waals surface area contributed by atoms with E-state index in [1.807, 2.05) is 30.3 Å². The normalized spacial score (nSPS) is 15.7. The monoisotopic (exact) mass is 393 g/mol. The Hall–Kier alpha value is -2.92. The van der Waals surface area contributed by atoms with E-state index in [9.17, 15) is 9.59 Å². The van der Waals surface area contributed by atoms with E-state index < -0.39 is 11.3 Å². The summed E-state index contributed by atoms with van der Waals surface area (Å²) in [6, 6.07) is 16.6. The van der Waals surface area contributed by atoms with Crippen LogP contribution in [0.5, 0.6) is 0 Å². The van der Waals surface area contributed by atoms with E-state index in [2.05, 4.69) is 16.5 Å². The van der Waals surface area contributed by atoms with Crippen LogP contribution in [0.25, 0.3) is 5.69 Å². The first-order valence-electron chi connectivity index (χ1n) is 9.29. The number of amides is 1. The van der Waals surface area contributed by atoms with Gasteiger partial charge in [-0.15, -0.1) is 0 Å². The lowest BCUT2D eigenvalue weighted by molar-refractivity contribution is 0.0924. The van der Waals surface area contributed by atoms with Gasteiger partial charge in [0, 0.05) is 11.8 Å². The molecule has 2 aromatic carbocycles. The van der Waals surface area contributed by atoms with Crippen molar-refractivity contribution >= 4 is 17.5 Å². The molecule has 1 heterocycles. The lowest BCUT2D eigenvalue weighted by atomic mass is 9.87. The summed E-state index contributed by atoms with van der Waals surface area (Å²) in [5.74, 6) is -0.465. The van der Waals surface area contributed by atoms with Gasteiger partial charge in [-0.25, -0.2) is 4.68 Å². The Balaban J connectivity index is 1.68. The van der Waals surface area contributed by atoms with Crippen LogP contribution in [0.1, 0.15) is 46.2 Å². The Labute approximate surface area is 168 Å². The molecule has 5 nitrogen and oxygen atoms in total. The minimum Gasteiger partial charge on any atom is -0.344 e. The van der Waals surface area contributed by atoms with Crippen LogP contribution < -0.4 is 10.7 Å². The highest BCUT2D eigenvalue weighted by Crippen LogP contribution is 2.29. The molecule has 1 atom stereocenters. The van der Waals surface area contributed by atoms with Crippen molar-refractivity contribution in [1.29, 1.82) is 0 Å². The second-order valence-corrected chi connectivity index (χ2v) is 7.39. The summed E-state index contributed by atoms with van der Waals surface area (Å²) in [7, 11) is 0. The maximum Gasteiger partial charge on any atom is 0.276 e. The first-order chi connectivity index (χ1) is 13.5. The molecule has 3 aromatic rings. The molecule has 0 saturated heterocycles. The van der Waals surface area contributed by atoms with Gasteiger partial charge in [-0.1, -0.05) is 48.0 Å². The summed E-state index contributed by atoms with van der Waals surface area (Å²) in [6.45, 7) is 1.76. The standard InChI is InChI=1S/C22H20ClN3O2/c1-14-13-20(27)21(25-26(14)19-12-5-4-10-17(19)23)22(28)24-18-11-6-8-15-7-2-3-9-16(15)18/h2-5,7,9-10,12-13,18H,6,8,11H2,1H3,(H,24,28)/t18-/m1/s1. The number of halogens is 1. The molecular weight excluding hydrogens is 374 g/mol. The quantitative estimate of drug-likeness (QED) is 0.731. The summed E-state index contributed by atoms with van der Waals surface area (Å²) < 4.78 is 1.54. The molecule has 0 fully saturated rings. The van der Waals surface area contributed by atoms with Gasteiger partial charge >= 0.3 is 0 Å². The van der Waals surface area contributed by atoms with Crippen molar-refractivity contribution in [1.82, 2.24) is 15.1 Å². The van der Waals surface area contributed by atoms with Crippen LogP contribution in [-0.2, 0) is 6.42 Å². The van der Waals surface area contributed by atoms with Gasteiger partial charge in [0.25, 0.3) is 5.91 Å². The summed E-state index contributed by atoms with van der Waals surface area (Å²) >= 11 is 6.27. The molecule has 1 N–H and O–H groups in total. The van der Waals surface area contributed by atoms with Crippen molar-refractivity contribution in [2.75, 3.05) is 0 Å². The fourth-order valence-electron chi connectivity index (χ4n) is 3.70. The van der Waals surface area contributed by atoms with E-state index >= 15 is 0 Å². The minimum absolute atomic E-state index is 0.117. The van der Waals surface area contributed by atoms with E-state index in [-0.39, 0.29) is 11.7 Å². The second-order valence-electron chi connectivity index (χ2n) is 6.98. The third-order valence-corrected chi connectivity index (χ3v) is 5.40. The van der Waals surface area contributed by atoms with Crippen molar-refractivity contribution in [2.45, 2.75) is 32.2 Å². The molecule has 0 aliphatic heterocycles. The summed E-state index contributed by atoms with van der Waals surface area (Å²) in [5.41, 5.74) is 3.05. The number of nitrogens with one attached hydrogen (secondary N) is 1. The lowest BCUT2D eigenvalue weighted by Gasteiger charge is -2.26. The van der Waals surface area contributed by atoms with Gasteiger partial charge < -0.3 is 5.32 Å². The molecule has 4 rings (SSSR count). The van der Waals surface area contributed by atoms with Crippen molar-refractivity contribution in [3.05, 3.63) is 92.4 Å². The van der Waals surface area contributed by atoms with Crippen LogP contribution in [0.4, 0.5) is 0 Å². The number of hydrogen-bond donors (Lipinski definition) is 1. The van der Waals surface area contributed by atoms with Gasteiger partial charge in [-0.05, 0) is 49.4 Å². The zero-order valence-corrected chi connectivity index (χ0v) is 16.2. The number of hydrogen-bond acceptors (Lipinski definition) is 3. The van der Waals surface area contributed by atoms with E-state index in [1.54, 1.807) is 19.1 Å². The van der Waals surface area contributed by atoms with Crippen LogP contribution in [0.3, 0.4) is 0 Å². The number of aryl methyl sites for hydroxylation is 2. The molecule has 0 bridgehead atoms. The number of aromatic nitrogens is 2. The van der Waals surface area contributed by atoms with Crippen LogP contribution in [-0.4, -0.2) is 15.7 Å². The van der Waals surface area contributed by atoms with Crippen molar-refractivity contribution in [2.24, 2.45) is 0 Å². The van der Waals surface area contributed by atoms with Crippen molar-refractivity contribution in [3.63, 3.8) is 0 Å². The molecule has 6 heteroatoms. The maximum atomic E-state index is 12.9. The smallest absolute Gasteiger partial charge is 0.276 e. The number of rotatable bonds is 3. The van der Waals surface area contributed by atoms with Crippen molar-refractivity contribution in [3.8, 4) is 5.69 Å². The molecule has 1 amide bonds. The lowest BCUT2D eigenvalue weighted by Crippen LogP contribution is -2.35. The van der Waals surface area contributed by atoms with Crippen LogP contribution in [0, 0.1) is 6.92 Å². The van der Waals surface area contributed by atoms with E-state index in [4.69, 9.17) is 11.6 Å². The Bertz CT molecular complexity index is 1110. The molecule has 1 aliphatic carbocycles. The SMILES string of the molecule is Cc1cc(=O)c(C(=O)N[C@@H]2CCCc3ccccc32)nn1-c1ccccc1Cl. The Kier molecular flexibility index (Phi) is 5.01. The maximum absolute atomic E-state index is 12.9. The fraction of sp³-hybridized carbons (Fsp3) is 0.227. The highest BCUT2D eigenvalue weighted by atomic mass is 35.5. The predicted molar refractivity (Wildman–Crippen MR) is 109 cm³/mol. The van der Waals surface area contributed by atoms with Gasteiger partial charge in [0.15, 0.2) is 5.69 Å². The van der Waals surface area contributed by atoms with Gasteiger partial charge in [-0.2, -0.15) is 5.10 Å². The Morgan fingerprint density at radius 3 is 2.75 bits per heavy atom. The number of benzene rings is 2. The van der Waals surface area contributed by atoms with E-state index in [1.165, 1.54) is 16.3 Å². The fourth-order valence-corrected chi connectivity index (χ4v) is 3.92. The minimum atomic E-state index is -0.465. The summed E-state index contributed by atoms with van der Waals surface area (Å²) in [4.78, 5) is 25.4. The van der Waals surface area contributed by atoms with Crippen molar-refractivity contribution < 1.29 is 4.79 Å². The van der Waals surface area contributed by atoms with Crippen LogP contribution in [0.15, 0.2) is 59.4 Å². The van der Waals surface area contributed by atoms with Gasteiger partial charge in [0.2, 0.25) is 5.43 Å². The second kappa shape index (κ2) is 7.60. The number of para-hydroxylation sites is 1. The zero-order chi connectivity index (χ0) is 19.7. The molecule has 0 radical (unpaired) electrons. The number of fused-ring (bicyclic) bond motifs is 1. The van der Waals surface area contributed by atoms with Crippen LogP contribution >= 0.6 is 11.6 Å². The average Bonchev–Trinajstić information content (AvgIpc) is 2.69. The molecule has 1 aromatic heterocycles. The first kappa shape index (κ1) is 18.4. The van der Waals surface area contributed by atoms with E-state index in [0.717, 1.165) is 24.8 Å². The van der Waals surface area contributed by atoms with Gasteiger partial charge in [0.05, 0.1) is 16.8 Å². The number of nitrogens with zero attached hydrogens (tertiary/aromatic N) is 2. The molecule has 0 spiro atoms. The number of carbonyl (C=O) groups excluding carboxylic acids is 1. The number of carbonyl (C=O) groups is 1. The van der Waals surface area contributed by atoms with Gasteiger partial charge in [-0.3, -0.25) is 9.59 Å². The molecule has 28 heavy (non-hydrogen) atoms. The van der Waals surface area contributed by atoms with Crippen LogP contribution in [0.2, 0.25) is 5.02 Å². The zero-order valence-electron chi connectivity index (χ0n) is 15.5. The molecule has 0 saturated carbocycles. The Morgan fingerprint density at radius 1 is 1.18 bits per heavy atom. The highest BCUT2D eigenvalue weighted by Gasteiger charge is 2.24. The topological polar surface area (TPSA) is 64.0 Å². The largest absolute Gasteiger partial charge is 0.344 e. The summed E-state index contributed by atoms with van der Waals surface area (Å²) in [5, 5.41) is 7.82. The third-order valence-electron chi connectivity index (χ3n) is 5.08. The summed E-state index contributed by atoms with van der Waals surface area (Å²) in [6.07, 6.45) is 2.84. The average molecular weight is 394 g/mol. The molecular formula is C22H20ClN3O2. The molecule has 1 aliphatic rings. The predicted octanol–water partition coefficient (Wildman–Crippen LogP) is 4.00. The first-order valence-corrected chi connectivity index (χ1v) is 9.67. The van der Waals surface area contributed by atoms with E-state index in [0.29, 0.717) is 16.4 Å².